The molecular weight excluding hydrogens is 263 g/mol. The van der Waals surface area contributed by atoms with Crippen LogP contribution >= 0.6 is 0 Å². The lowest BCUT2D eigenvalue weighted by Crippen LogP contribution is -2.27. The average Bonchev–Trinajstić information content (AvgIpc) is 2.42. The number of benzene rings is 1. The summed E-state index contributed by atoms with van der Waals surface area (Å²) < 4.78 is 18.7. The summed E-state index contributed by atoms with van der Waals surface area (Å²) in [6, 6.07) is 8.55. The van der Waals surface area contributed by atoms with Crippen LogP contribution in [0.3, 0.4) is 0 Å². The third-order valence-corrected chi connectivity index (χ3v) is 2.59. The van der Waals surface area contributed by atoms with Gasteiger partial charge in [0.1, 0.15) is 12.4 Å². The summed E-state index contributed by atoms with van der Waals surface area (Å²) in [6.07, 6.45) is 0. The van der Waals surface area contributed by atoms with Crippen LogP contribution in [0, 0.1) is 5.82 Å². The number of aromatic nitrogens is 2. The molecule has 0 atom stereocenters. The zero-order valence-corrected chi connectivity index (χ0v) is 10.9. The first kappa shape index (κ1) is 13.9. The van der Waals surface area contributed by atoms with E-state index in [2.05, 4.69) is 5.10 Å². The summed E-state index contributed by atoms with van der Waals surface area (Å²) in [5, 5.41) is 4.08. The van der Waals surface area contributed by atoms with Crippen LogP contribution in [0.5, 0.6) is 0 Å². The Morgan fingerprint density at radius 2 is 1.95 bits per heavy atom. The van der Waals surface area contributed by atoms with Crippen LogP contribution in [0.4, 0.5) is 4.39 Å². The molecule has 0 spiro atoms. The van der Waals surface area contributed by atoms with Crippen LogP contribution < -0.4 is 5.56 Å². The van der Waals surface area contributed by atoms with Crippen LogP contribution in [-0.2, 0) is 16.1 Å². The summed E-state index contributed by atoms with van der Waals surface area (Å²) in [6.45, 7) is 1.68. The van der Waals surface area contributed by atoms with Gasteiger partial charge >= 0.3 is 5.97 Å². The van der Waals surface area contributed by atoms with Crippen LogP contribution in [0.15, 0.2) is 41.2 Å². The lowest BCUT2D eigenvalue weighted by atomic mass is 10.1. The van der Waals surface area contributed by atoms with Crippen molar-refractivity contribution in [2.75, 3.05) is 6.61 Å². The number of halogens is 1. The summed E-state index contributed by atoms with van der Waals surface area (Å²) in [5.41, 5.74) is 0.738. The number of ether oxygens (including phenoxy) is 1. The van der Waals surface area contributed by atoms with Gasteiger partial charge in [-0.3, -0.25) is 9.59 Å². The highest BCUT2D eigenvalue weighted by atomic mass is 19.1. The molecule has 5 nitrogen and oxygen atoms in total. The molecule has 0 amide bonds. The number of esters is 1. The smallest absolute Gasteiger partial charge is 0.327 e. The number of hydrogen-bond donors (Lipinski definition) is 0. The lowest BCUT2D eigenvalue weighted by molar-refractivity contribution is -0.144. The zero-order chi connectivity index (χ0) is 14.5. The second kappa shape index (κ2) is 6.10. The summed E-state index contributed by atoms with van der Waals surface area (Å²) >= 11 is 0. The molecule has 0 bridgehead atoms. The van der Waals surface area contributed by atoms with E-state index in [1.54, 1.807) is 19.1 Å². The molecule has 2 aromatic rings. The fourth-order valence-electron chi connectivity index (χ4n) is 1.67. The van der Waals surface area contributed by atoms with Gasteiger partial charge in [0, 0.05) is 11.6 Å². The molecule has 6 heteroatoms. The van der Waals surface area contributed by atoms with Crippen molar-refractivity contribution in [2.24, 2.45) is 0 Å². The van der Waals surface area contributed by atoms with Crippen molar-refractivity contribution in [3.05, 3.63) is 52.6 Å². The molecule has 0 aliphatic heterocycles. The maximum Gasteiger partial charge on any atom is 0.327 e. The number of nitrogens with zero attached hydrogens (tertiary/aromatic N) is 2. The Balaban J connectivity index is 2.31. The highest BCUT2D eigenvalue weighted by Crippen LogP contribution is 2.15. The van der Waals surface area contributed by atoms with Gasteiger partial charge in [0.25, 0.3) is 5.56 Å². The Labute approximate surface area is 114 Å². The predicted octanol–water partition coefficient (Wildman–Crippen LogP) is 1.61. The van der Waals surface area contributed by atoms with Crippen molar-refractivity contribution < 1.29 is 13.9 Å². The molecule has 2 rings (SSSR count). The molecule has 0 N–H and O–H groups in total. The van der Waals surface area contributed by atoms with Gasteiger partial charge in [-0.25, -0.2) is 9.07 Å². The van der Waals surface area contributed by atoms with Gasteiger partial charge in [-0.1, -0.05) is 0 Å². The molecule has 0 saturated heterocycles. The highest BCUT2D eigenvalue weighted by molar-refractivity contribution is 5.69. The quantitative estimate of drug-likeness (QED) is 0.796. The molecule has 0 unspecified atom stereocenters. The second-order valence-electron chi connectivity index (χ2n) is 4.03. The normalized spacial score (nSPS) is 10.3. The van der Waals surface area contributed by atoms with Gasteiger partial charge in [0.15, 0.2) is 0 Å². The van der Waals surface area contributed by atoms with Crippen LogP contribution in [0.2, 0.25) is 0 Å². The monoisotopic (exact) mass is 276 g/mol. The van der Waals surface area contributed by atoms with Gasteiger partial charge in [0.2, 0.25) is 0 Å². The van der Waals surface area contributed by atoms with E-state index in [4.69, 9.17) is 4.74 Å². The predicted molar refractivity (Wildman–Crippen MR) is 70.5 cm³/mol. The molecule has 0 fully saturated rings. The minimum absolute atomic E-state index is 0.241. The molecule has 0 aliphatic rings. The fraction of sp³-hybridized carbons (Fsp3) is 0.214. The first-order valence-electron chi connectivity index (χ1n) is 6.10. The summed E-state index contributed by atoms with van der Waals surface area (Å²) in [7, 11) is 0. The van der Waals surface area contributed by atoms with E-state index in [0.717, 1.165) is 4.68 Å². The van der Waals surface area contributed by atoms with E-state index < -0.39 is 11.5 Å². The van der Waals surface area contributed by atoms with Crippen molar-refractivity contribution in [3.8, 4) is 11.3 Å². The standard InChI is InChI=1S/C14H13FN2O3/c1-2-20-14(19)9-17-13(18)8-7-12(16-17)10-3-5-11(15)6-4-10/h3-8H,2,9H2,1H3. The fourth-order valence-corrected chi connectivity index (χ4v) is 1.67. The second-order valence-corrected chi connectivity index (χ2v) is 4.03. The molecule has 1 heterocycles. The number of carbonyl (C=O) groups is 1. The van der Waals surface area contributed by atoms with Gasteiger partial charge in [-0.2, -0.15) is 5.10 Å². The minimum Gasteiger partial charge on any atom is -0.465 e. The highest BCUT2D eigenvalue weighted by Gasteiger charge is 2.08. The summed E-state index contributed by atoms with van der Waals surface area (Å²) in [4.78, 5) is 23.0. The molecule has 1 aromatic carbocycles. The number of carbonyl (C=O) groups excluding carboxylic acids is 1. The van der Waals surface area contributed by atoms with E-state index in [9.17, 15) is 14.0 Å². The average molecular weight is 276 g/mol. The minimum atomic E-state index is -0.529. The van der Waals surface area contributed by atoms with Gasteiger partial charge in [-0.05, 0) is 37.3 Å². The van der Waals surface area contributed by atoms with Crippen molar-refractivity contribution in [1.29, 1.82) is 0 Å². The molecular formula is C14H13FN2O3. The molecule has 0 radical (unpaired) electrons. The van der Waals surface area contributed by atoms with Crippen molar-refractivity contribution >= 4 is 5.97 Å². The maximum absolute atomic E-state index is 12.9. The molecule has 1 aromatic heterocycles. The van der Waals surface area contributed by atoms with Crippen LogP contribution in [-0.4, -0.2) is 22.4 Å². The maximum atomic E-state index is 12.9. The van der Waals surface area contributed by atoms with E-state index in [0.29, 0.717) is 11.3 Å². The largest absolute Gasteiger partial charge is 0.465 e. The lowest BCUT2D eigenvalue weighted by Gasteiger charge is -2.06. The van der Waals surface area contributed by atoms with Gasteiger partial charge < -0.3 is 4.74 Å². The van der Waals surface area contributed by atoms with Crippen molar-refractivity contribution in [3.63, 3.8) is 0 Å². The number of rotatable bonds is 4. The molecule has 20 heavy (non-hydrogen) atoms. The van der Waals surface area contributed by atoms with Crippen molar-refractivity contribution in [2.45, 2.75) is 13.5 Å². The first-order valence-corrected chi connectivity index (χ1v) is 6.10. The van der Waals surface area contributed by atoms with E-state index in [1.807, 2.05) is 0 Å². The van der Waals surface area contributed by atoms with Crippen molar-refractivity contribution in [1.82, 2.24) is 9.78 Å². The Hall–Kier alpha value is -2.50. The third kappa shape index (κ3) is 3.28. The Kier molecular flexibility index (Phi) is 4.24. The summed E-state index contributed by atoms with van der Waals surface area (Å²) in [5.74, 6) is -0.882. The Morgan fingerprint density at radius 1 is 1.25 bits per heavy atom. The molecule has 0 aliphatic carbocycles. The SMILES string of the molecule is CCOC(=O)Cn1nc(-c2ccc(F)cc2)ccc1=O. The van der Waals surface area contributed by atoms with Crippen LogP contribution in [0.25, 0.3) is 11.3 Å². The Bertz CT molecular complexity index is 665. The van der Waals surface area contributed by atoms with Gasteiger partial charge in [0.05, 0.1) is 12.3 Å². The van der Waals surface area contributed by atoms with Gasteiger partial charge in [-0.15, -0.1) is 0 Å². The number of hydrogen-bond acceptors (Lipinski definition) is 4. The molecule has 104 valence electrons. The topological polar surface area (TPSA) is 61.2 Å². The first-order chi connectivity index (χ1) is 9.60. The zero-order valence-electron chi connectivity index (χ0n) is 10.9. The van der Waals surface area contributed by atoms with E-state index in [1.165, 1.54) is 24.3 Å². The van der Waals surface area contributed by atoms with E-state index in [-0.39, 0.29) is 19.0 Å². The third-order valence-electron chi connectivity index (χ3n) is 2.59. The van der Waals surface area contributed by atoms with E-state index >= 15 is 0 Å². The Morgan fingerprint density at radius 3 is 2.60 bits per heavy atom. The van der Waals surface area contributed by atoms with Crippen LogP contribution in [0.1, 0.15) is 6.92 Å². The molecule has 0 saturated carbocycles.